The van der Waals surface area contributed by atoms with Gasteiger partial charge in [0.1, 0.15) is 0 Å². The van der Waals surface area contributed by atoms with Crippen LogP contribution >= 0.6 is 0 Å². The van der Waals surface area contributed by atoms with Gasteiger partial charge in [-0.15, -0.1) is 0 Å². The van der Waals surface area contributed by atoms with Gasteiger partial charge < -0.3 is 10.4 Å². The quantitative estimate of drug-likeness (QED) is 0.710. The van der Waals surface area contributed by atoms with Gasteiger partial charge in [0.2, 0.25) is 5.91 Å². The van der Waals surface area contributed by atoms with Crippen LogP contribution in [0.15, 0.2) is 0 Å². The molecule has 0 aliphatic carbocycles. The number of hydrogen-bond acceptors (Lipinski definition) is 2. The minimum absolute atomic E-state index is 0. The molecule has 0 aromatic rings. The molecule has 4 nitrogen and oxygen atoms in total. The van der Waals surface area contributed by atoms with E-state index in [1.807, 2.05) is 27.7 Å². The molecule has 0 aliphatic heterocycles. The van der Waals surface area contributed by atoms with E-state index in [1.54, 1.807) is 0 Å². The highest BCUT2D eigenvalue weighted by atomic mass is 16.4. The number of hydrogen-bond donors (Lipinski definition) is 2. The van der Waals surface area contributed by atoms with Crippen LogP contribution in [0.1, 0.15) is 42.0 Å². The average Bonchev–Trinajstić information content (AvgIpc) is 2.03. The molecule has 0 unspecified atom stereocenters. The van der Waals surface area contributed by atoms with Crippen LogP contribution in [0, 0.1) is 0 Å². The fourth-order valence-corrected chi connectivity index (χ4v) is 0.615. The maximum absolute atomic E-state index is 10.8. The lowest BCUT2D eigenvalue weighted by molar-refractivity contribution is -0.138. The zero-order valence-electron chi connectivity index (χ0n) is 8.76. The number of carbonyl (C=O) groups excluding carboxylic acids is 1. The number of aliphatic carboxylic acids is 1. The Balaban J connectivity index is -0.000000376. The summed E-state index contributed by atoms with van der Waals surface area (Å²) in [5.74, 6) is -1.15. The number of amides is 1. The van der Waals surface area contributed by atoms with E-state index >= 15 is 0 Å². The molecule has 0 radical (unpaired) electrons. The van der Waals surface area contributed by atoms with Crippen molar-refractivity contribution in [3.8, 4) is 0 Å². The topological polar surface area (TPSA) is 66.4 Å². The summed E-state index contributed by atoms with van der Waals surface area (Å²) in [5, 5.41) is 10.8. The van der Waals surface area contributed by atoms with Crippen LogP contribution in [-0.2, 0) is 9.59 Å². The van der Waals surface area contributed by atoms with E-state index in [0.717, 1.165) is 0 Å². The summed E-state index contributed by atoms with van der Waals surface area (Å²) in [4.78, 5) is 20.8. The summed E-state index contributed by atoms with van der Waals surface area (Å²) in [6.07, 6.45) is -0.0356. The molecule has 1 amide bonds. The molecule has 0 saturated carbocycles. The molecule has 0 heterocycles. The van der Waals surface area contributed by atoms with Crippen molar-refractivity contribution in [3.05, 3.63) is 0 Å². The number of nitrogens with one attached hydrogen (secondary N) is 1. The fourth-order valence-electron chi connectivity index (χ4n) is 0.615. The molecular formula is C9H21NO3. The Hall–Kier alpha value is -1.06. The van der Waals surface area contributed by atoms with Crippen molar-refractivity contribution in [2.24, 2.45) is 0 Å². The van der Waals surface area contributed by atoms with Gasteiger partial charge in [-0.2, -0.15) is 0 Å². The highest BCUT2D eigenvalue weighted by Crippen LogP contribution is 1.89. The van der Waals surface area contributed by atoms with Crippen LogP contribution in [0.2, 0.25) is 0 Å². The molecule has 0 rings (SSSR count). The van der Waals surface area contributed by atoms with Crippen molar-refractivity contribution in [1.82, 2.24) is 5.32 Å². The van der Waals surface area contributed by atoms with Gasteiger partial charge in [-0.25, -0.2) is 0 Å². The molecule has 4 heteroatoms. The van der Waals surface area contributed by atoms with Gasteiger partial charge in [0.05, 0.1) is 6.42 Å². The first-order valence-electron chi connectivity index (χ1n) is 4.53. The van der Waals surface area contributed by atoms with Crippen molar-refractivity contribution < 1.29 is 16.1 Å². The smallest absolute Gasteiger partial charge is 0.303 e. The predicted molar refractivity (Wildman–Crippen MR) is 53.6 cm³/mol. The summed E-state index contributed by atoms with van der Waals surface area (Å²) < 4.78 is 0. The SMILES string of the molecule is CC.CC(C)NC(=O)CCC(=O)O.[HH]. The van der Waals surface area contributed by atoms with Crippen molar-refractivity contribution in [2.45, 2.75) is 46.6 Å². The second kappa shape index (κ2) is 9.03. The van der Waals surface area contributed by atoms with E-state index in [-0.39, 0.29) is 26.2 Å². The third kappa shape index (κ3) is 13.9. The first kappa shape index (κ1) is 14.5. The molecule has 0 saturated heterocycles. The van der Waals surface area contributed by atoms with Crippen molar-refractivity contribution in [1.29, 1.82) is 0 Å². The van der Waals surface area contributed by atoms with Crippen LogP contribution in [-0.4, -0.2) is 23.0 Å². The third-order valence-electron chi connectivity index (χ3n) is 1.02. The van der Waals surface area contributed by atoms with Crippen molar-refractivity contribution in [2.75, 3.05) is 0 Å². The Morgan fingerprint density at radius 3 is 2.08 bits per heavy atom. The van der Waals surface area contributed by atoms with E-state index in [1.165, 1.54) is 0 Å². The van der Waals surface area contributed by atoms with Crippen LogP contribution in [0.3, 0.4) is 0 Å². The van der Waals surface area contributed by atoms with Gasteiger partial charge in [0, 0.05) is 13.9 Å². The molecule has 0 spiro atoms. The summed E-state index contributed by atoms with van der Waals surface area (Å²) in [7, 11) is 0. The van der Waals surface area contributed by atoms with E-state index in [0.29, 0.717) is 0 Å². The number of rotatable bonds is 4. The molecule has 13 heavy (non-hydrogen) atoms. The van der Waals surface area contributed by atoms with E-state index < -0.39 is 5.97 Å². The minimum atomic E-state index is -0.941. The van der Waals surface area contributed by atoms with Gasteiger partial charge in [0.15, 0.2) is 0 Å². The Kier molecular flexibility index (Phi) is 10.0. The van der Waals surface area contributed by atoms with E-state index in [2.05, 4.69) is 5.32 Å². The van der Waals surface area contributed by atoms with Crippen LogP contribution in [0.25, 0.3) is 0 Å². The highest BCUT2D eigenvalue weighted by Gasteiger charge is 2.05. The maximum atomic E-state index is 10.8. The molecule has 0 aromatic heterocycles. The average molecular weight is 191 g/mol. The van der Waals surface area contributed by atoms with E-state index in [4.69, 9.17) is 5.11 Å². The van der Waals surface area contributed by atoms with E-state index in [9.17, 15) is 9.59 Å². The molecule has 0 aliphatic rings. The Bertz CT molecular complexity index is 160. The first-order chi connectivity index (χ1) is 6.02. The molecular weight excluding hydrogens is 170 g/mol. The lowest BCUT2D eigenvalue weighted by Crippen LogP contribution is -2.30. The standard InChI is InChI=1S/C7H13NO3.C2H6.H2/c1-5(2)8-6(9)3-4-7(10)11;1-2;/h5H,3-4H2,1-2H3,(H,8,9)(H,10,11);1-2H3;1H. The minimum Gasteiger partial charge on any atom is -0.481 e. The highest BCUT2D eigenvalue weighted by molar-refractivity contribution is 5.80. The summed E-state index contributed by atoms with van der Waals surface area (Å²) in [6.45, 7) is 7.66. The Morgan fingerprint density at radius 2 is 1.77 bits per heavy atom. The molecule has 0 atom stereocenters. The van der Waals surface area contributed by atoms with Crippen LogP contribution in [0.5, 0.6) is 0 Å². The lowest BCUT2D eigenvalue weighted by atomic mass is 10.3. The van der Waals surface area contributed by atoms with Crippen molar-refractivity contribution >= 4 is 11.9 Å². The monoisotopic (exact) mass is 191 g/mol. The number of carboxylic acid groups (broad SMARTS) is 1. The second-order valence-corrected chi connectivity index (χ2v) is 2.62. The molecule has 0 fully saturated rings. The molecule has 80 valence electrons. The normalized spacial score (nSPS) is 8.69. The molecule has 2 N–H and O–H groups in total. The second-order valence-electron chi connectivity index (χ2n) is 2.62. The first-order valence-corrected chi connectivity index (χ1v) is 4.53. The predicted octanol–water partition coefficient (Wildman–Crippen LogP) is 1.65. The van der Waals surface area contributed by atoms with Gasteiger partial charge in [0.25, 0.3) is 0 Å². The zero-order valence-corrected chi connectivity index (χ0v) is 8.76. The summed E-state index contributed by atoms with van der Waals surface area (Å²) >= 11 is 0. The van der Waals surface area contributed by atoms with Crippen molar-refractivity contribution in [3.63, 3.8) is 0 Å². The van der Waals surface area contributed by atoms with Gasteiger partial charge in [-0.05, 0) is 13.8 Å². The largest absolute Gasteiger partial charge is 0.481 e. The number of carboxylic acids is 1. The summed E-state index contributed by atoms with van der Waals surface area (Å²) in [6, 6.07) is 0.0799. The Labute approximate surface area is 80.8 Å². The number of carbonyl (C=O) groups is 2. The fraction of sp³-hybridized carbons (Fsp3) is 0.778. The van der Waals surface area contributed by atoms with Gasteiger partial charge >= 0.3 is 5.97 Å². The third-order valence-corrected chi connectivity index (χ3v) is 1.02. The summed E-state index contributed by atoms with van der Waals surface area (Å²) in [5.41, 5.74) is 0. The van der Waals surface area contributed by atoms with Gasteiger partial charge in [-0.1, -0.05) is 13.8 Å². The Morgan fingerprint density at radius 1 is 1.31 bits per heavy atom. The van der Waals surface area contributed by atoms with Gasteiger partial charge in [-0.3, -0.25) is 9.59 Å². The van der Waals surface area contributed by atoms with Crippen LogP contribution in [0.4, 0.5) is 0 Å². The molecule has 0 bridgehead atoms. The lowest BCUT2D eigenvalue weighted by Gasteiger charge is -2.06. The molecule has 0 aromatic carbocycles. The van der Waals surface area contributed by atoms with Crippen LogP contribution < -0.4 is 5.32 Å². The maximum Gasteiger partial charge on any atom is 0.303 e. The zero-order chi connectivity index (χ0) is 10.9.